The Bertz CT molecular complexity index is 887. The van der Waals surface area contributed by atoms with Gasteiger partial charge in [0.1, 0.15) is 11.5 Å². The quantitative estimate of drug-likeness (QED) is 0.268. The van der Waals surface area contributed by atoms with Crippen molar-refractivity contribution in [2.24, 2.45) is 17.3 Å². The summed E-state index contributed by atoms with van der Waals surface area (Å²) in [5.41, 5.74) is -0.748. The van der Waals surface area contributed by atoms with Gasteiger partial charge in [-0.2, -0.15) is 0 Å². The van der Waals surface area contributed by atoms with Crippen molar-refractivity contribution in [2.75, 3.05) is 6.79 Å². The summed E-state index contributed by atoms with van der Waals surface area (Å²) >= 11 is 1.18. The molecule has 176 valence electrons. The van der Waals surface area contributed by atoms with Crippen molar-refractivity contribution in [2.45, 2.75) is 71.3 Å². The summed E-state index contributed by atoms with van der Waals surface area (Å²) in [7, 11) is 0. The van der Waals surface area contributed by atoms with Crippen LogP contribution in [0.1, 0.15) is 53.9 Å². The van der Waals surface area contributed by atoms with Crippen LogP contribution in [0.3, 0.4) is 0 Å². The number of nitrogens with zero attached hydrogens (tertiary/aromatic N) is 1. The highest BCUT2D eigenvalue weighted by atomic mass is 32.2. The van der Waals surface area contributed by atoms with E-state index in [0.717, 1.165) is 0 Å². The van der Waals surface area contributed by atoms with Crippen LogP contribution in [-0.4, -0.2) is 63.6 Å². The van der Waals surface area contributed by atoms with E-state index in [0.29, 0.717) is 11.3 Å². The maximum atomic E-state index is 12.9. The Kier molecular flexibility index (Phi) is 6.86. The summed E-state index contributed by atoms with van der Waals surface area (Å²) in [6.45, 7) is 7.75. The van der Waals surface area contributed by atoms with Gasteiger partial charge in [0.25, 0.3) is 0 Å². The van der Waals surface area contributed by atoms with Crippen molar-refractivity contribution in [1.29, 1.82) is 0 Å². The number of aliphatic hydroxyl groups excluding tert-OH is 1. The van der Waals surface area contributed by atoms with Gasteiger partial charge < -0.3 is 19.5 Å². The lowest BCUT2D eigenvalue weighted by Gasteiger charge is -2.46. The Balaban J connectivity index is 1.82. The minimum absolute atomic E-state index is 0.0194. The third-order valence-corrected chi connectivity index (χ3v) is 7.58. The fraction of sp³-hybridized carbons (Fsp3) is 0.682. The number of amides is 1. The van der Waals surface area contributed by atoms with Crippen molar-refractivity contribution in [3.05, 3.63) is 10.6 Å². The standard InChI is InChI=1S/C22H29NO8S/c1-10-16-15(11(2)24)19(27)23(16)17(20(28)30-9-31-21(29)22(3,4)5)18(10)32-14-7-6-12(25)8-13(14)26/h10-11,14-16,24H,6-9H2,1-5H3/t10-,11-,14-,15-,16-/m1/s1. The van der Waals surface area contributed by atoms with E-state index in [1.165, 1.54) is 23.6 Å². The highest BCUT2D eigenvalue weighted by Crippen LogP contribution is 2.52. The van der Waals surface area contributed by atoms with Crippen LogP contribution in [0.5, 0.6) is 0 Å². The van der Waals surface area contributed by atoms with Gasteiger partial charge in [-0.15, -0.1) is 11.8 Å². The Labute approximate surface area is 190 Å². The lowest BCUT2D eigenvalue weighted by Crippen LogP contribution is -2.63. The van der Waals surface area contributed by atoms with Gasteiger partial charge >= 0.3 is 11.9 Å². The molecule has 2 aliphatic heterocycles. The molecule has 5 atom stereocenters. The molecule has 0 bridgehead atoms. The lowest BCUT2D eigenvalue weighted by molar-refractivity contribution is -0.175. The second kappa shape index (κ2) is 8.97. The first-order valence-electron chi connectivity index (χ1n) is 10.6. The normalized spacial score (nSPS) is 28.9. The van der Waals surface area contributed by atoms with Crippen LogP contribution < -0.4 is 0 Å². The summed E-state index contributed by atoms with van der Waals surface area (Å²) in [6, 6.07) is -0.426. The number of hydrogen-bond acceptors (Lipinski definition) is 9. The molecule has 10 heteroatoms. The molecule has 1 saturated carbocycles. The Hall–Kier alpha value is -2.20. The molecule has 2 fully saturated rings. The number of rotatable bonds is 6. The molecule has 1 aliphatic carbocycles. The highest BCUT2D eigenvalue weighted by molar-refractivity contribution is 8.04. The van der Waals surface area contributed by atoms with E-state index in [9.17, 15) is 29.1 Å². The topological polar surface area (TPSA) is 127 Å². The molecule has 1 saturated heterocycles. The van der Waals surface area contributed by atoms with Crippen LogP contribution >= 0.6 is 11.8 Å². The minimum atomic E-state index is -0.894. The van der Waals surface area contributed by atoms with Crippen LogP contribution in [0.2, 0.25) is 0 Å². The predicted octanol–water partition coefficient (Wildman–Crippen LogP) is 1.57. The zero-order chi connectivity index (χ0) is 24.0. The van der Waals surface area contributed by atoms with E-state index in [-0.39, 0.29) is 36.0 Å². The molecular weight excluding hydrogens is 438 g/mol. The highest BCUT2D eigenvalue weighted by Gasteiger charge is 2.60. The summed E-state index contributed by atoms with van der Waals surface area (Å²) in [5.74, 6) is -3.04. The van der Waals surface area contributed by atoms with Crippen LogP contribution in [0.4, 0.5) is 0 Å². The Morgan fingerprint density at radius 1 is 1.22 bits per heavy atom. The van der Waals surface area contributed by atoms with Crippen molar-refractivity contribution in [3.8, 4) is 0 Å². The fourth-order valence-electron chi connectivity index (χ4n) is 4.22. The maximum absolute atomic E-state index is 12.9. The largest absolute Gasteiger partial charge is 0.427 e. The molecule has 1 amide bonds. The SMILES string of the molecule is C[C@@H](O)[C@H]1C(=O)N2C(C(=O)OCOC(=O)C(C)(C)C)=C(S[C@@H]3CCC(=O)CC3=O)[C@H](C)[C@H]12. The zero-order valence-corrected chi connectivity index (χ0v) is 19.7. The molecule has 3 aliphatic rings. The van der Waals surface area contributed by atoms with Gasteiger partial charge in [0, 0.05) is 17.2 Å². The number of esters is 2. The van der Waals surface area contributed by atoms with Crippen molar-refractivity contribution >= 4 is 41.2 Å². The molecule has 2 heterocycles. The fourth-order valence-corrected chi connectivity index (χ4v) is 5.62. The molecule has 0 spiro atoms. The molecule has 0 radical (unpaired) electrons. The number of thioether (sulfide) groups is 1. The van der Waals surface area contributed by atoms with Crippen LogP contribution in [-0.2, 0) is 33.4 Å². The Morgan fingerprint density at radius 3 is 2.44 bits per heavy atom. The molecule has 0 unspecified atom stereocenters. The number of aliphatic hydroxyl groups is 1. The third kappa shape index (κ3) is 4.47. The van der Waals surface area contributed by atoms with Gasteiger partial charge in [0.05, 0.1) is 35.1 Å². The predicted molar refractivity (Wildman–Crippen MR) is 114 cm³/mol. The lowest BCUT2D eigenvalue weighted by atomic mass is 9.79. The number of carbonyl (C=O) groups is 5. The van der Waals surface area contributed by atoms with E-state index in [4.69, 9.17) is 9.47 Å². The zero-order valence-electron chi connectivity index (χ0n) is 18.9. The molecule has 1 N–H and O–H groups in total. The van der Waals surface area contributed by atoms with Gasteiger partial charge in [-0.25, -0.2) is 4.79 Å². The summed E-state index contributed by atoms with van der Waals surface area (Å²) in [5, 5.41) is 9.56. The van der Waals surface area contributed by atoms with E-state index >= 15 is 0 Å². The number of fused-ring (bicyclic) bond motifs is 1. The molecular formula is C22H29NO8S. The third-order valence-electron chi connectivity index (χ3n) is 5.98. The van der Waals surface area contributed by atoms with Crippen LogP contribution in [0.15, 0.2) is 10.6 Å². The second-order valence-electron chi connectivity index (χ2n) is 9.53. The average molecular weight is 468 g/mol. The summed E-state index contributed by atoms with van der Waals surface area (Å²) in [6.07, 6.45) is -0.377. The number of hydrogen-bond donors (Lipinski definition) is 1. The molecule has 0 aromatic carbocycles. The summed E-state index contributed by atoms with van der Waals surface area (Å²) in [4.78, 5) is 63.4. The van der Waals surface area contributed by atoms with Crippen LogP contribution in [0.25, 0.3) is 0 Å². The van der Waals surface area contributed by atoms with Crippen molar-refractivity contribution in [3.63, 3.8) is 0 Å². The Morgan fingerprint density at radius 2 is 1.88 bits per heavy atom. The van der Waals surface area contributed by atoms with Crippen LogP contribution in [0, 0.1) is 17.3 Å². The number of β-lactam (4-membered cyclic amide) rings is 1. The van der Waals surface area contributed by atoms with Gasteiger partial charge in [-0.1, -0.05) is 6.92 Å². The first kappa shape index (κ1) is 24.4. The van der Waals surface area contributed by atoms with Gasteiger partial charge in [0.2, 0.25) is 12.7 Å². The maximum Gasteiger partial charge on any atom is 0.358 e. The van der Waals surface area contributed by atoms with E-state index < -0.39 is 53.4 Å². The first-order valence-corrected chi connectivity index (χ1v) is 11.5. The second-order valence-corrected chi connectivity index (χ2v) is 10.8. The molecule has 0 aromatic rings. The number of ketones is 2. The van der Waals surface area contributed by atoms with E-state index in [1.807, 2.05) is 6.92 Å². The van der Waals surface area contributed by atoms with Crippen molar-refractivity contribution in [1.82, 2.24) is 4.90 Å². The van der Waals surface area contributed by atoms with Gasteiger partial charge in [-0.05, 0) is 34.1 Å². The molecule has 0 aromatic heterocycles. The number of carbonyl (C=O) groups excluding carboxylic acids is 5. The molecule has 3 rings (SSSR count). The summed E-state index contributed by atoms with van der Waals surface area (Å²) < 4.78 is 10.1. The van der Waals surface area contributed by atoms with Crippen molar-refractivity contribution < 1.29 is 38.6 Å². The average Bonchev–Trinajstić information content (AvgIpc) is 2.91. The molecule has 9 nitrogen and oxygen atoms in total. The number of ether oxygens (including phenoxy) is 2. The van der Waals surface area contributed by atoms with E-state index in [2.05, 4.69) is 0 Å². The van der Waals surface area contributed by atoms with Gasteiger partial charge in [0.15, 0.2) is 5.78 Å². The monoisotopic (exact) mass is 467 g/mol. The van der Waals surface area contributed by atoms with Gasteiger partial charge in [-0.3, -0.25) is 19.2 Å². The first-order chi connectivity index (χ1) is 14.8. The number of Topliss-reactive ketones (excluding diaryl/α,β-unsaturated/α-hetero) is 2. The smallest absolute Gasteiger partial charge is 0.358 e. The minimum Gasteiger partial charge on any atom is -0.427 e. The molecule has 32 heavy (non-hydrogen) atoms. The van der Waals surface area contributed by atoms with E-state index in [1.54, 1.807) is 20.8 Å².